The second kappa shape index (κ2) is 18.2. The standard InChI is InChI=1S/C83H80BN3/c1-78(2,3)52-28-31-54(32-29-52)86-69-36-30-53(79(4,5)6)46-68(69)84-67-25-19-24-60-75-70(37-33-59-57-22-16-15-20-55(57)56-21-17-18-23-58(56)74(59)75)87(77(60)67)72-45-51(44-71(86)76(72)84)73-61(49-26-34-63-65(42-49)82(11,12)40-38-80(63,7)8)47-85-48-62(73)50-27-35-64-66(43-50)83(13,14)41-39-81(64,9)10/h15-37,42-48H,38-41H2,1-14H3. The fourth-order valence-electron chi connectivity index (χ4n) is 16.7. The molecule has 0 radical (unpaired) electrons. The SMILES string of the molecule is CC(C)(C)c1ccc(N2c3ccc(C(C)(C)C)cc3B3c4c2cc(-c2c(-c5ccc6c(c5)C(C)(C)CCC6(C)C)cncc2-c2ccc5c(c2)C(C)(C)CCC5(C)C)cc4-n2c4ccc5c6ccccc6c6ccccc6c5c4c4cccc3c42)cc1. The molecule has 430 valence electrons. The molecule has 4 aliphatic rings. The number of benzene rings is 10. The van der Waals surface area contributed by atoms with E-state index in [1.165, 1.54) is 156 Å². The Balaban J connectivity index is 1.08. The lowest BCUT2D eigenvalue weighted by Crippen LogP contribution is -2.60. The van der Waals surface area contributed by atoms with Crippen LogP contribution in [0.2, 0.25) is 0 Å². The van der Waals surface area contributed by atoms with Crippen molar-refractivity contribution < 1.29 is 0 Å². The average Bonchev–Trinajstić information content (AvgIpc) is 1.64. The van der Waals surface area contributed by atoms with Crippen LogP contribution in [0.3, 0.4) is 0 Å². The van der Waals surface area contributed by atoms with Crippen molar-refractivity contribution in [2.45, 2.75) is 155 Å². The van der Waals surface area contributed by atoms with E-state index in [0.29, 0.717) is 0 Å². The van der Waals surface area contributed by atoms with E-state index in [4.69, 9.17) is 4.98 Å². The zero-order valence-electron chi connectivity index (χ0n) is 53.6. The van der Waals surface area contributed by atoms with Crippen LogP contribution in [0.25, 0.3) is 93.2 Å². The normalized spacial score (nSPS) is 17.0. The minimum absolute atomic E-state index is 0.00603. The lowest BCUT2D eigenvalue weighted by molar-refractivity contribution is 0.332. The first-order valence-corrected chi connectivity index (χ1v) is 32.2. The number of hydrogen-bond acceptors (Lipinski definition) is 2. The molecule has 2 aromatic heterocycles. The number of pyridine rings is 1. The molecule has 10 aromatic carbocycles. The van der Waals surface area contributed by atoms with Crippen molar-refractivity contribution >= 4 is 94.3 Å². The molecule has 87 heavy (non-hydrogen) atoms. The van der Waals surface area contributed by atoms with Gasteiger partial charge >= 0.3 is 0 Å². The molecule has 0 fully saturated rings. The average molecular weight is 1130 g/mol. The topological polar surface area (TPSA) is 21.1 Å². The Morgan fingerprint density at radius 3 is 1.48 bits per heavy atom. The van der Waals surface area contributed by atoms with E-state index in [0.717, 1.165) is 29.7 Å². The van der Waals surface area contributed by atoms with Gasteiger partial charge in [-0.15, -0.1) is 0 Å². The van der Waals surface area contributed by atoms with Gasteiger partial charge in [-0.1, -0.05) is 230 Å². The minimum Gasteiger partial charge on any atom is -0.311 e. The third kappa shape index (κ3) is 7.90. The summed E-state index contributed by atoms with van der Waals surface area (Å²) in [4.78, 5) is 7.96. The van der Waals surface area contributed by atoms with Gasteiger partial charge in [-0.25, -0.2) is 0 Å². The second-order valence-electron chi connectivity index (χ2n) is 31.2. The summed E-state index contributed by atoms with van der Waals surface area (Å²) in [6, 6.07) is 67.3. The molecule has 0 unspecified atom stereocenters. The zero-order valence-corrected chi connectivity index (χ0v) is 53.6. The lowest BCUT2D eigenvalue weighted by Gasteiger charge is -2.42. The first kappa shape index (κ1) is 54.2. The van der Waals surface area contributed by atoms with Gasteiger partial charge in [0.1, 0.15) is 0 Å². The van der Waals surface area contributed by atoms with E-state index in [1.807, 2.05) is 0 Å². The molecule has 0 spiro atoms. The van der Waals surface area contributed by atoms with Crippen molar-refractivity contribution in [2.75, 3.05) is 4.90 Å². The van der Waals surface area contributed by atoms with E-state index in [1.54, 1.807) is 0 Å². The van der Waals surface area contributed by atoms with Crippen LogP contribution in [-0.2, 0) is 32.5 Å². The minimum atomic E-state index is -0.0725. The summed E-state index contributed by atoms with van der Waals surface area (Å²) in [7, 11) is 0. The molecule has 0 saturated heterocycles. The monoisotopic (exact) mass is 1130 g/mol. The number of hydrogen-bond donors (Lipinski definition) is 0. The molecular weight excluding hydrogens is 1050 g/mol. The molecule has 2 aliphatic heterocycles. The Hall–Kier alpha value is -8.21. The maximum absolute atomic E-state index is 5.33. The number of anilines is 3. The Bertz CT molecular complexity index is 4820. The molecule has 3 nitrogen and oxygen atoms in total. The zero-order chi connectivity index (χ0) is 60.2. The first-order chi connectivity index (χ1) is 41.4. The fraction of sp³-hybridized carbons (Fsp3) is 0.289. The fourth-order valence-corrected chi connectivity index (χ4v) is 16.7. The van der Waals surface area contributed by atoms with Crippen LogP contribution < -0.4 is 21.3 Å². The predicted octanol–water partition coefficient (Wildman–Crippen LogP) is 20.5. The maximum atomic E-state index is 5.33. The molecule has 0 bridgehead atoms. The van der Waals surface area contributed by atoms with E-state index in [9.17, 15) is 0 Å². The third-order valence-corrected chi connectivity index (χ3v) is 21.9. The van der Waals surface area contributed by atoms with Crippen LogP contribution in [-0.4, -0.2) is 16.3 Å². The number of aromatic nitrogens is 2. The van der Waals surface area contributed by atoms with Gasteiger partial charge in [0, 0.05) is 73.5 Å². The lowest BCUT2D eigenvalue weighted by atomic mass is 9.33. The van der Waals surface area contributed by atoms with Gasteiger partial charge in [-0.3, -0.25) is 4.98 Å². The Labute approximate surface area is 515 Å². The predicted molar refractivity (Wildman–Crippen MR) is 375 cm³/mol. The van der Waals surface area contributed by atoms with Crippen molar-refractivity contribution in [3.63, 3.8) is 0 Å². The van der Waals surface area contributed by atoms with Gasteiger partial charge in [0.25, 0.3) is 6.71 Å². The number of rotatable bonds is 4. The molecular formula is C83H80BN3. The quantitative estimate of drug-likeness (QED) is 0.129. The van der Waals surface area contributed by atoms with Crippen molar-refractivity contribution in [2.24, 2.45) is 0 Å². The number of fused-ring (bicyclic) bond motifs is 16. The molecule has 0 N–H and O–H groups in total. The van der Waals surface area contributed by atoms with Crippen LogP contribution in [0.1, 0.15) is 156 Å². The molecule has 12 aromatic rings. The van der Waals surface area contributed by atoms with Gasteiger partial charge in [0.05, 0.1) is 5.52 Å². The van der Waals surface area contributed by atoms with Gasteiger partial charge in [0.2, 0.25) is 0 Å². The van der Waals surface area contributed by atoms with Gasteiger partial charge in [0.15, 0.2) is 0 Å². The van der Waals surface area contributed by atoms with Crippen molar-refractivity contribution in [3.05, 3.63) is 216 Å². The maximum Gasteiger partial charge on any atom is 0.252 e. The van der Waals surface area contributed by atoms with Crippen molar-refractivity contribution in [3.8, 4) is 39.1 Å². The summed E-state index contributed by atoms with van der Waals surface area (Å²) in [6.45, 7) is 33.6. The van der Waals surface area contributed by atoms with Gasteiger partial charge in [-0.2, -0.15) is 0 Å². The number of para-hydroxylation sites is 1. The molecule has 16 rings (SSSR count). The molecule has 2 aliphatic carbocycles. The van der Waals surface area contributed by atoms with Crippen LogP contribution >= 0.6 is 0 Å². The highest BCUT2D eigenvalue weighted by atomic mass is 15.2. The van der Waals surface area contributed by atoms with Crippen LogP contribution in [0, 0.1) is 0 Å². The highest BCUT2D eigenvalue weighted by Crippen LogP contribution is 2.53. The first-order valence-electron chi connectivity index (χ1n) is 32.2. The van der Waals surface area contributed by atoms with E-state index in [-0.39, 0.29) is 39.2 Å². The Morgan fingerprint density at radius 2 is 0.908 bits per heavy atom. The second-order valence-corrected chi connectivity index (χ2v) is 31.2. The molecule has 0 atom stereocenters. The van der Waals surface area contributed by atoms with Gasteiger partial charge < -0.3 is 9.47 Å². The molecule has 0 amide bonds. The summed E-state index contributed by atoms with van der Waals surface area (Å²) in [5.74, 6) is 0. The van der Waals surface area contributed by atoms with Crippen LogP contribution in [0.5, 0.6) is 0 Å². The number of nitrogens with zero attached hydrogens (tertiary/aromatic N) is 3. The van der Waals surface area contributed by atoms with E-state index in [2.05, 4.69) is 289 Å². The highest BCUT2D eigenvalue weighted by Gasteiger charge is 2.45. The summed E-state index contributed by atoms with van der Waals surface area (Å²) in [6.07, 6.45) is 9.00. The summed E-state index contributed by atoms with van der Waals surface area (Å²) in [5, 5.41) is 10.4. The highest BCUT2D eigenvalue weighted by molar-refractivity contribution is 7.00. The van der Waals surface area contributed by atoms with Crippen molar-refractivity contribution in [1.29, 1.82) is 0 Å². The third-order valence-electron chi connectivity index (χ3n) is 21.9. The summed E-state index contributed by atoms with van der Waals surface area (Å²) >= 11 is 0. The molecule has 0 saturated carbocycles. The summed E-state index contributed by atoms with van der Waals surface area (Å²) < 4.78 is 2.70. The van der Waals surface area contributed by atoms with Crippen molar-refractivity contribution in [1.82, 2.24) is 9.55 Å². The largest absolute Gasteiger partial charge is 0.311 e. The van der Waals surface area contributed by atoms with Gasteiger partial charge in [-0.05, 0) is 188 Å². The van der Waals surface area contributed by atoms with Crippen LogP contribution in [0.4, 0.5) is 17.1 Å². The Morgan fingerprint density at radius 1 is 0.402 bits per heavy atom. The van der Waals surface area contributed by atoms with Crippen LogP contribution in [0.15, 0.2) is 182 Å². The molecule has 4 heterocycles. The Kier molecular flexibility index (Phi) is 11.3. The summed E-state index contributed by atoms with van der Waals surface area (Å²) in [5.41, 5.74) is 27.2. The molecule has 4 heteroatoms. The smallest absolute Gasteiger partial charge is 0.252 e. The van der Waals surface area contributed by atoms with E-state index >= 15 is 0 Å². The van der Waals surface area contributed by atoms with E-state index < -0.39 is 0 Å².